The summed E-state index contributed by atoms with van der Waals surface area (Å²) in [6.07, 6.45) is 6.08. The highest BCUT2D eigenvalue weighted by Crippen LogP contribution is 2.25. The molecule has 6 heteroatoms. The van der Waals surface area contributed by atoms with Crippen LogP contribution >= 0.6 is 35.0 Å². The van der Waals surface area contributed by atoms with Crippen molar-refractivity contribution in [3.63, 3.8) is 0 Å². The highest BCUT2D eigenvalue weighted by Gasteiger charge is 2.15. The average molecular weight is 318 g/mol. The van der Waals surface area contributed by atoms with Gasteiger partial charge in [-0.15, -0.1) is 11.6 Å². The zero-order valence-corrected chi connectivity index (χ0v) is 13.4. The second-order valence-electron chi connectivity index (χ2n) is 4.43. The first-order valence-corrected chi connectivity index (χ1v) is 8.49. The van der Waals surface area contributed by atoms with Gasteiger partial charge in [0.1, 0.15) is 11.3 Å². The summed E-state index contributed by atoms with van der Waals surface area (Å²) in [6.45, 7) is 2.83. The van der Waals surface area contributed by atoms with Crippen LogP contribution in [0.3, 0.4) is 0 Å². The maximum Gasteiger partial charge on any atom is 0.160 e. The molecule has 0 bridgehead atoms. The molecular formula is C13H17Cl2N3S. The number of halogens is 2. The quantitative estimate of drug-likeness (QED) is 0.579. The first-order chi connectivity index (χ1) is 9.13. The smallest absolute Gasteiger partial charge is 0.160 e. The fourth-order valence-electron chi connectivity index (χ4n) is 2.04. The Balaban J connectivity index is 2.30. The molecule has 0 aliphatic heterocycles. The minimum atomic E-state index is -0.131. The molecule has 2 heterocycles. The molecule has 0 N–H and O–H groups in total. The lowest BCUT2D eigenvalue weighted by Crippen LogP contribution is -2.05. The van der Waals surface area contributed by atoms with Gasteiger partial charge >= 0.3 is 0 Å². The molecule has 0 radical (unpaired) electrons. The van der Waals surface area contributed by atoms with Crippen LogP contribution in [0.2, 0.25) is 5.02 Å². The highest BCUT2D eigenvalue weighted by atomic mass is 35.5. The van der Waals surface area contributed by atoms with Crippen LogP contribution in [0, 0.1) is 0 Å². The molecule has 0 fully saturated rings. The molecule has 0 aliphatic rings. The molecule has 0 aliphatic carbocycles. The third kappa shape index (κ3) is 3.56. The molecule has 2 aromatic heterocycles. The Morgan fingerprint density at radius 2 is 2.21 bits per heavy atom. The number of rotatable bonds is 6. The summed E-state index contributed by atoms with van der Waals surface area (Å²) in [5, 5.41) is 0.474. The van der Waals surface area contributed by atoms with Gasteiger partial charge in [0.25, 0.3) is 0 Å². The monoisotopic (exact) mass is 317 g/mol. The molecule has 0 saturated carbocycles. The number of imidazole rings is 1. The number of hydrogen-bond acceptors (Lipinski definition) is 3. The van der Waals surface area contributed by atoms with Crippen LogP contribution in [-0.2, 0) is 6.54 Å². The van der Waals surface area contributed by atoms with Crippen molar-refractivity contribution in [2.45, 2.75) is 31.7 Å². The van der Waals surface area contributed by atoms with Gasteiger partial charge in [-0.25, -0.2) is 9.97 Å². The largest absolute Gasteiger partial charge is 0.311 e. The van der Waals surface area contributed by atoms with Gasteiger partial charge in [-0.3, -0.25) is 0 Å². The van der Waals surface area contributed by atoms with Crippen molar-refractivity contribution in [1.29, 1.82) is 0 Å². The number of hydrogen-bond donors (Lipinski definition) is 0. The fraction of sp³-hybridized carbons (Fsp3) is 0.538. The lowest BCUT2D eigenvalue weighted by Gasteiger charge is -2.09. The van der Waals surface area contributed by atoms with E-state index in [4.69, 9.17) is 23.2 Å². The minimum Gasteiger partial charge on any atom is -0.311 e. The van der Waals surface area contributed by atoms with E-state index in [1.807, 2.05) is 24.8 Å². The van der Waals surface area contributed by atoms with Crippen molar-refractivity contribution in [3.8, 4) is 0 Å². The predicted octanol–water partition coefficient (Wildman–Crippen LogP) is 4.53. The van der Waals surface area contributed by atoms with E-state index < -0.39 is 0 Å². The number of unbranched alkanes of at least 4 members (excludes halogenated alkanes) is 1. The van der Waals surface area contributed by atoms with Gasteiger partial charge in [-0.2, -0.15) is 11.8 Å². The van der Waals surface area contributed by atoms with Crippen molar-refractivity contribution < 1.29 is 0 Å². The standard InChI is InChI=1S/C13H17Cl2N3S/c1-9(14)12-17-11-7-10(15)8-16-13(11)18(12)5-3-4-6-19-2/h7-9H,3-6H2,1-2H3. The molecule has 0 spiro atoms. The van der Waals surface area contributed by atoms with Crippen molar-refractivity contribution >= 4 is 46.1 Å². The second kappa shape index (κ2) is 6.82. The zero-order valence-electron chi connectivity index (χ0n) is 11.1. The summed E-state index contributed by atoms with van der Waals surface area (Å²) in [4.78, 5) is 8.94. The number of thioether (sulfide) groups is 1. The molecule has 1 atom stereocenters. The maximum absolute atomic E-state index is 6.21. The van der Waals surface area contributed by atoms with Crippen LogP contribution < -0.4 is 0 Å². The number of aromatic nitrogens is 3. The highest BCUT2D eigenvalue weighted by molar-refractivity contribution is 7.98. The minimum absolute atomic E-state index is 0.131. The van der Waals surface area contributed by atoms with Crippen LogP contribution in [0.1, 0.15) is 31.0 Å². The summed E-state index contributed by atoms with van der Waals surface area (Å²) >= 11 is 14.0. The summed E-state index contributed by atoms with van der Waals surface area (Å²) in [6, 6.07) is 1.84. The van der Waals surface area contributed by atoms with Gasteiger partial charge in [-0.05, 0) is 37.8 Å². The van der Waals surface area contributed by atoms with Gasteiger partial charge in [0, 0.05) is 12.7 Å². The van der Waals surface area contributed by atoms with E-state index in [0.29, 0.717) is 5.02 Å². The lowest BCUT2D eigenvalue weighted by molar-refractivity contribution is 0.615. The van der Waals surface area contributed by atoms with Gasteiger partial charge in [-0.1, -0.05) is 11.6 Å². The Hall–Kier alpha value is -0.450. The number of nitrogens with zero attached hydrogens (tertiary/aromatic N) is 3. The Morgan fingerprint density at radius 3 is 2.89 bits per heavy atom. The molecular weight excluding hydrogens is 301 g/mol. The molecule has 2 aromatic rings. The average Bonchev–Trinajstić information content (AvgIpc) is 2.72. The Labute approximate surface area is 127 Å². The Morgan fingerprint density at radius 1 is 1.42 bits per heavy atom. The van der Waals surface area contributed by atoms with Gasteiger partial charge in [0.15, 0.2) is 5.65 Å². The topological polar surface area (TPSA) is 30.7 Å². The molecule has 0 aromatic carbocycles. The molecule has 19 heavy (non-hydrogen) atoms. The zero-order chi connectivity index (χ0) is 13.8. The first-order valence-electron chi connectivity index (χ1n) is 6.28. The molecule has 2 rings (SSSR count). The molecule has 0 saturated heterocycles. The van der Waals surface area contributed by atoms with E-state index >= 15 is 0 Å². The number of fused-ring (bicyclic) bond motifs is 1. The number of aryl methyl sites for hydroxylation is 1. The molecule has 1 unspecified atom stereocenters. The Bertz CT molecular complexity index is 554. The van der Waals surface area contributed by atoms with Crippen LogP contribution in [0.25, 0.3) is 11.2 Å². The van der Waals surface area contributed by atoms with Crippen LogP contribution in [0.5, 0.6) is 0 Å². The third-order valence-corrected chi connectivity index (χ3v) is 4.02. The van der Waals surface area contributed by atoms with Gasteiger partial charge in [0.2, 0.25) is 0 Å². The molecule has 3 nitrogen and oxygen atoms in total. The van der Waals surface area contributed by atoms with Gasteiger partial charge < -0.3 is 4.57 Å². The summed E-state index contributed by atoms with van der Waals surface area (Å²) in [5.74, 6) is 2.05. The normalized spacial score (nSPS) is 13.1. The van der Waals surface area contributed by atoms with Crippen LogP contribution in [0.15, 0.2) is 12.3 Å². The number of pyridine rings is 1. The van der Waals surface area contributed by atoms with Crippen LogP contribution in [-0.4, -0.2) is 26.5 Å². The maximum atomic E-state index is 6.21. The van der Waals surface area contributed by atoms with E-state index in [2.05, 4.69) is 20.8 Å². The van der Waals surface area contributed by atoms with Crippen LogP contribution in [0.4, 0.5) is 0 Å². The van der Waals surface area contributed by atoms with E-state index in [1.165, 1.54) is 12.2 Å². The SMILES string of the molecule is CSCCCCn1c(C(C)Cl)nc2cc(Cl)cnc21. The lowest BCUT2D eigenvalue weighted by atomic mass is 10.3. The van der Waals surface area contributed by atoms with Crippen molar-refractivity contribution in [2.24, 2.45) is 0 Å². The molecule has 104 valence electrons. The first kappa shape index (κ1) is 14.9. The van der Waals surface area contributed by atoms with E-state index in [0.717, 1.165) is 30.0 Å². The van der Waals surface area contributed by atoms with Crippen molar-refractivity contribution in [2.75, 3.05) is 12.0 Å². The predicted molar refractivity (Wildman–Crippen MR) is 84.4 cm³/mol. The Kier molecular flexibility index (Phi) is 5.37. The molecule has 0 amide bonds. The van der Waals surface area contributed by atoms with Crippen molar-refractivity contribution in [3.05, 3.63) is 23.1 Å². The summed E-state index contributed by atoms with van der Waals surface area (Å²) in [5.41, 5.74) is 1.69. The van der Waals surface area contributed by atoms with Crippen molar-refractivity contribution in [1.82, 2.24) is 14.5 Å². The fourth-order valence-corrected chi connectivity index (χ4v) is 2.86. The summed E-state index contributed by atoms with van der Waals surface area (Å²) < 4.78 is 2.11. The second-order valence-corrected chi connectivity index (χ2v) is 6.51. The van der Waals surface area contributed by atoms with Gasteiger partial charge in [0.05, 0.1) is 10.4 Å². The van der Waals surface area contributed by atoms with E-state index in [9.17, 15) is 0 Å². The third-order valence-electron chi connectivity index (χ3n) is 2.92. The van der Waals surface area contributed by atoms with E-state index in [1.54, 1.807) is 6.20 Å². The van der Waals surface area contributed by atoms with E-state index in [-0.39, 0.29) is 5.38 Å². The summed E-state index contributed by atoms with van der Waals surface area (Å²) in [7, 11) is 0. The number of alkyl halides is 1.